The van der Waals surface area contributed by atoms with E-state index in [0.29, 0.717) is 29.4 Å². The lowest BCUT2D eigenvalue weighted by Gasteiger charge is -2.24. The molecule has 2 aromatic rings. The maximum absolute atomic E-state index is 12.6. The lowest BCUT2D eigenvalue weighted by Crippen LogP contribution is -2.38. The number of urea groups is 1. The van der Waals surface area contributed by atoms with Gasteiger partial charge in [0.05, 0.1) is 17.5 Å². The molecular formula is C17H18ClN3O3S. The van der Waals surface area contributed by atoms with Gasteiger partial charge in [-0.2, -0.15) is 0 Å². The molecule has 0 radical (unpaired) electrons. The summed E-state index contributed by atoms with van der Waals surface area (Å²) in [4.78, 5) is 26.8. The fourth-order valence-electron chi connectivity index (χ4n) is 2.78. The Hall–Kier alpha value is -2.09. The number of rotatable bonds is 3. The summed E-state index contributed by atoms with van der Waals surface area (Å²) < 4.78 is 0. The molecule has 0 unspecified atom stereocenters. The van der Waals surface area contributed by atoms with Crippen molar-refractivity contribution in [2.75, 3.05) is 6.54 Å². The number of amides is 3. The van der Waals surface area contributed by atoms with Crippen molar-refractivity contribution < 1.29 is 14.8 Å². The first kappa shape index (κ1) is 17.7. The molecule has 0 bridgehead atoms. The summed E-state index contributed by atoms with van der Waals surface area (Å²) in [5.74, 6) is -0.465. The van der Waals surface area contributed by atoms with Gasteiger partial charge in [0.2, 0.25) is 0 Å². The van der Waals surface area contributed by atoms with E-state index in [1.54, 1.807) is 42.2 Å². The van der Waals surface area contributed by atoms with Crippen molar-refractivity contribution in [1.29, 1.82) is 0 Å². The maximum atomic E-state index is 12.6. The smallest absolute Gasteiger partial charge is 0.315 e. The summed E-state index contributed by atoms with van der Waals surface area (Å²) >= 11 is 7.15. The summed E-state index contributed by atoms with van der Waals surface area (Å²) in [5, 5.41) is 11.7. The second-order valence-corrected chi connectivity index (χ2v) is 7.52. The molecule has 0 spiro atoms. The van der Waals surface area contributed by atoms with E-state index in [1.165, 1.54) is 11.3 Å². The van der Waals surface area contributed by atoms with Crippen LogP contribution >= 0.6 is 22.9 Å². The Morgan fingerprint density at radius 3 is 2.68 bits per heavy atom. The third kappa shape index (κ3) is 3.63. The van der Waals surface area contributed by atoms with Crippen LogP contribution in [0.1, 0.15) is 38.6 Å². The zero-order valence-electron chi connectivity index (χ0n) is 13.6. The highest BCUT2D eigenvalue weighted by atomic mass is 35.5. The molecule has 1 aliphatic rings. The monoisotopic (exact) mass is 379 g/mol. The van der Waals surface area contributed by atoms with Crippen molar-refractivity contribution >= 4 is 34.9 Å². The number of thiophene rings is 1. The average Bonchev–Trinajstić information content (AvgIpc) is 3.03. The van der Waals surface area contributed by atoms with Crippen LogP contribution in [0.15, 0.2) is 30.3 Å². The molecule has 25 heavy (non-hydrogen) atoms. The van der Waals surface area contributed by atoms with Gasteiger partial charge in [0.15, 0.2) is 0 Å². The predicted octanol–water partition coefficient (Wildman–Crippen LogP) is 3.43. The number of hydrogen-bond donors (Lipinski definition) is 2. The minimum Gasteiger partial charge on any atom is -0.351 e. The molecule has 1 aliphatic heterocycles. The van der Waals surface area contributed by atoms with E-state index in [4.69, 9.17) is 17.3 Å². The van der Waals surface area contributed by atoms with Crippen LogP contribution in [0.25, 0.3) is 0 Å². The molecule has 3 rings (SSSR count). The molecule has 0 aliphatic carbocycles. The summed E-state index contributed by atoms with van der Waals surface area (Å²) in [5.41, 5.74) is 7.13. The molecule has 0 saturated heterocycles. The minimum atomic E-state index is -0.508. The van der Waals surface area contributed by atoms with E-state index in [0.717, 1.165) is 21.1 Å². The Morgan fingerprint density at radius 1 is 1.36 bits per heavy atom. The Morgan fingerprint density at radius 2 is 2.04 bits per heavy atom. The van der Waals surface area contributed by atoms with Crippen molar-refractivity contribution in [1.82, 2.24) is 9.96 Å². The third-order valence-electron chi connectivity index (χ3n) is 4.33. The number of carbonyl (C=O) groups excluding carboxylic acids is 2. The van der Waals surface area contributed by atoms with Gasteiger partial charge in [-0.25, -0.2) is 9.86 Å². The first-order valence-corrected chi connectivity index (χ1v) is 9.00. The summed E-state index contributed by atoms with van der Waals surface area (Å²) in [7, 11) is 0. The minimum absolute atomic E-state index is 0.404. The SMILES string of the molecule is C[C@H](c1ccc(Cl)cc1)N(O)C(=O)c1cc2c(s1)CN(C(N)=O)CC2. The van der Waals surface area contributed by atoms with Crippen LogP contribution in [0, 0.1) is 0 Å². The van der Waals surface area contributed by atoms with E-state index in [-0.39, 0.29) is 0 Å². The number of nitrogens with two attached hydrogens (primary N) is 1. The number of halogens is 1. The lowest BCUT2D eigenvalue weighted by atomic mass is 10.1. The number of nitrogens with zero attached hydrogens (tertiary/aromatic N) is 2. The van der Waals surface area contributed by atoms with Crippen LogP contribution < -0.4 is 5.73 Å². The maximum Gasteiger partial charge on any atom is 0.315 e. The van der Waals surface area contributed by atoms with E-state index >= 15 is 0 Å². The Labute approximate surface area is 154 Å². The number of carbonyl (C=O) groups is 2. The molecule has 6 nitrogen and oxygen atoms in total. The Kier molecular flexibility index (Phi) is 4.99. The van der Waals surface area contributed by atoms with Crippen molar-refractivity contribution in [2.24, 2.45) is 5.73 Å². The van der Waals surface area contributed by atoms with Crippen molar-refractivity contribution in [3.8, 4) is 0 Å². The van der Waals surface area contributed by atoms with Crippen LogP contribution in [-0.4, -0.2) is 33.7 Å². The molecule has 1 aromatic heterocycles. The Bertz CT molecular complexity index is 806. The molecule has 132 valence electrons. The molecule has 2 heterocycles. The largest absolute Gasteiger partial charge is 0.351 e. The number of benzene rings is 1. The molecule has 1 aromatic carbocycles. The van der Waals surface area contributed by atoms with Gasteiger partial charge in [0.1, 0.15) is 0 Å². The van der Waals surface area contributed by atoms with Crippen LogP contribution in [-0.2, 0) is 13.0 Å². The molecule has 8 heteroatoms. The third-order valence-corrected chi connectivity index (χ3v) is 5.73. The molecule has 1 atom stereocenters. The lowest BCUT2D eigenvalue weighted by molar-refractivity contribution is -0.0851. The summed E-state index contributed by atoms with van der Waals surface area (Å²) in [6.07, 6.45) is 0.653. The van der Waals surface area contributed by atoms with E-state index < -0.39 is 18.0 Å². The molecule has 3 N–H and O–H groups in total. The second kappa shape index (κ2) is 7.03. The van der Waals surface area contributed by atoms with E-state index in [9.17, 15) is 14.8 Å². The van der Waals surface area contributed by atoms with Crippen molar-refractivity contribution in [3.05, 3.63) is 56.2 Å². The van der Waals surface area contributed by atoms with Crippen LogP contribution in [0.2, 0.25) is 5.02 Å². The summed E-state index contributed by atoms with van der Waals surface area (Å²) in [6, 6.07) is 7.79. The highest BCUT2D eigenvalue weighted by Crippen LogP contribution is 2.30. The first-order chi connectivity index (χ1) is 11.9. The van der Waals surface area contributed by atoms with E-state index in [1.807, 2.05) is 0 Å². The Balaban J connectivity index is 1.77. The van der Waals surface area contributed by atoms with Crippen molar-refractivity contribution in [3.63, 3.8) is 0 Å². The standard InChI is InChI=1S/C17H18ClN3O3S/c1-10(11-2-4-13(18)5-3-11)21(24)16(22)14-8-12-6-7-20(17(19)23)9-15(12)25-14/h2-5,8,10,24H,6-7,9H2,1H3,(H2,19,23)/t10-/m1/s1. The number of primary amides is 1. The van der Waals surface area contributed by atoms with Crippen LogP contribution in [0.3, 0.4) is 0 Å². The van der Waals surface area contributed by atoms with Gasteiger partial charge >= 0.3 is 6.03 Å². The normalized spacial score (nSPS) is 14.8. The zero-order valence-corrected chi connectivity index (χ0v) is 15.2. The number of fused-ring (bicyclic) bond motifs is 1. The van der Waals surface area contributed by atoms with Gasteiger partial charge in [-0.15, -0.1) is 11.3 Å². The average molecular weight is 380 g/mol. The van der Waals surface area contributed by atoms with Crippen LogP contribution in [0.4, 0.5) is 4.79 Å². The van der Waals surface area contributed by atoms with Gasteiger partial charge in [0, 0.05) is 16.4 Å². The highest BCUT2D eigenvalue weighted by molar-refractivity contribution is 7.14. The number of hydroxylamine groups is 2. The van der Waals surface area contributed by atoms with Crippen molar-refractivity contribution in [2.45, 2.75) is 25.9 Å². The van der Waals surface area contributed by atoms with Gasteiger partial charge in [-0.05, 0) is 42.7 Å². The molecular weight excluding hydrogens is 362 g/mol. The molecule has 0 fully saturated rings. The quantitative estimate of drug-likeness (QED) is 0.632. The van der Waals surface area contributed by atoms with Crippen LogP contribution in [0.5, 0.6) is 0 Å². The van der Waals surface area contributed by atoms with E-state index in [2.05, 4.69) is 0 Å². The number of hydrogen-bond acceptors (Lipinski definition) is 4. The topological polar surface area (TPSA) is 86.9 Å². The van der Waals surface area contributed by atoms with Gasteiger partial charge < -0.3 is 10.6 Å². The summed E-state index contributed by atoms with van der Waals surface area (Å²) in [6.45, 7) is 2.68. The van der Waals surface area contributed by atoms with Gasteiger partial charge in [-0.3, -0.25) is 10.0 Å². The second-order valence-electron chi connectivity index (χ2n) is 5.95. The zero-order chi connectivity index (χ0) is 18.1. The first-order valence-electron chi connectivity index (χ1n) is 7.80. The predicted molar refractivity (Wildman–Crippen MR) is 95.8 cm³/mol. The fraction of sp³-hybridized carbons (Fsp3) is 0.294. The molecule has 0 saturated carbocycles. The molecule has 3 amide bonds. The van der Waals surface area contributed by atoms with Gasteiger partial charge in [0.25, 0.3) is 5.91 Å². The van der Waals surface area contributed by atoms with Gasteiger partial charge in [-0.1, -0.05) is 23.7 Å². The fourth-order valence-corrected chi connectivity index (χ4v) is 4.07. The highest BCUT2D eigenvalue weighted by Gasteiger charge is 2.27.